The summed E-state index contributed by atoms with van der Waals surface area (Å²) < 4.78 is 14.3. The molecule has 0 fully saturated rings. The van der Waals surface area contributed by atoms with Gasteiger partial charge in [-0.25, -0.2) is 4.39 Å². The molecule has 0 spiro atoms. The normalized spacial score (nSPS) is 10.3. The Balaban J connectivity index is 2.35. The number of hydrogen-bond donors (Lipinski definition) is 2. The monoisotopic (exact) mass is 294 g/mol. The van der Waals surface area contributed by atoms with Gasteiger partial charge in [0.1, 0.15) is 5.82 Å². The summed E-state index contributed by atoms with van der Waals surface area (Å²) in [5.74, 6) is -0.231. The van der Waals surface area contributed by atoms with Gasteiger partial charge in [0.15, 0.2) is 0 Å². The average Bonchev–Trinajstić information content (AvgIpc) is 2.28. The van der Waals surface area contributed by atoms with Crippen molar-refractivity contribution < 1.29 is 4.39 Å². The summed E-state index contributed by atoms with van der Waals surface area (Å²) in [5, 5.41) is 3.12. The largest absolute Gasteiger partial charge is 0.397 e. The van der Waals surface area contributed by atoms with Gasteiger partial charge in [0, 0.05) is 15.7 Å². The SMILES string of the molecule is Cc1c(F)cccc1Nc1ccc(Br)cc1N. The fourth-order valence-corrected chi connectivity index (χ4v) is 1.91. The van der Waals surface area contributed by atoms with Crippen LogP contribution in [0.1, 0.15) is 5.56 Å². The summed E-state index contributed by atoms with van der Waals surface area (Å²) in [6.45, 7) is 1.73. The van der Waals surface area contributed by atoms with E-state index in [1.807, 2.05) is 18.2 Å². The van der Waals surface area contributed by atoms with Crippen LogP contribution in [0.15, 0.2) is 40.9 Å². The Bertz CT molecular complexity index is 555. The van der Waals surface area contributed by atoms with E-state index in [4.69, 9.17) is 5.73 Å². The Morgan fingerprint density at radius 1 is 1.18 bits per heavy atom. The molecule has 2 rings (SSSR count). The second kappa shape index (κ2) is 4.75. The molecule has 0 radical (unpaired) electrons. The van der Waals surface area contributed by atoms with Crippen molar-refractivity contribution in [1.29, 1.82) is 0 Å². The van der Waals surface area contributed by atoms with Gasteiger partial charge in [-0.1, -0.05) is 22.0 Å². The topological polar surface area (TPSA) is 38.0 Å². The number of nitrogen functional groups attached to an aromatic ring is 1. The second-order valence-corrected chi connectivity index (χ2v) is 4.68. The van der Waals surface area contributed by atoms with E-state index in [1.165, 1.54) is 6.07 Å². The number of rotatable bonds is 2. The Kier molecular flexibility index (Phi) is 3.33. The maximum absolute atomic E-state index is 13.4. The van der Waals surface area contributed by atoms with Crippen molar-refractivity contribution in [3.8, 4) is 0 Å². The molecule has 2 nitrogen and oxygen atoms in total. The van der Waals surface area contributed by atoms with Crippen molar-refractivity contribution in [3.63, 3.8) is 0 Å². The molecule has 0 saturated carbocycles. The zero-order chi connectivity index (χ0) is 12.4. The standard InChI is InChI=1S/C13H12BrFN2/c1-8-10(15)3-2-4-12(8)17-13-6-5-9(14)7-11(13)16/h2-7,17H,16H2,1H3. The molecule has 2 aromatic rings. The zero-order valence-corrected chi connectivity index (χ0v) is 10.9. The third-order valence-electron chi connectivity index (χ3n) is 2.55. The molecule has 0 aliphatic rings. The molecule has 0 heterocycles. The first-order valence-corrected chi connectivity index (χ1v) is 5.94. The van der Waals surface area contributed by atoms with Crippen LogP contribution < -0.4 is 11.1 Å². The summed E-state index contributed by atoms with van der Waals surface area (Å²) >= 11 is 3.34. The van der Waals surface area contributed by atoms with Crippen molar-refractivity contribution in [2.75, 3.05) is 11.1 Å². The van der Waals surface area contributed by atoms with Gasteiger partial charge < -0.3 is 11.1 Å². The summed E-state index contributed by atoms with van der Waals surface area (Å²) in [6.07, 6.45) is 0. The van der Waals surface area contributed by atoms with Gasteiger partial charge in [-0.05, 0) is 37.3 Å². The quantitative estimate of drug-likeness (QED) is 0.814. The molecule has 88 valence electrons. The van der Waals surface area contributed by atoms with Crippen LogP contribution in [0.5, 0.6) is 0 Å². The van der Waals surface area contributed by atoms with E-state index < -0.39 is 0 Å². The molecule has 0 aliphatic heterocycles. The van der Waals surface area contributed by atoms with E-state index in [1.54, 1.807) is 19.1 Å². The predicted molar refractivity (Wildman–Crippen MR) is 73.0 cm³/mol. The minimum absolute atomic E-state index is 0.231. The zero-order valence-electron chi connectivity index (χ0n) is 9.30. The molecule has 0 amide bonds. The summed E-state index contributed by atoms with van der Waals surface area (Å²) in [4.78, 5) is 0. The van der Waals surface area contributed by atoms with E-state index in [0.717, 1.165) is 15.8 Å². The van der Waals surface area contributed by atoms with Crippen LogP contribution in [-0.4, -0.2) is 0 Å². The Morgan fingerprint density at radius 2 is 1.94 bits per heavy atom. The van der Waals surface area contributed by atoms with Gasteiger partial charge in [-0.2, -0.15) is 0 Å². The van der Waals surface area contributed by atoms with Crippen LogP contribution in [0, 0.1) is 12.7 Å². The highest BCUT2D eigenvalue weighted by atomic mass is 79.9. The average molecular weight is 295 g/mol. The first-order chi connectivity index (χ1) is 8.08. The molecule has 0 unspecified atom stereocenters. The number of anilines is 3. The fraction of sp³-hybridized carbons (Fsp3) is 0.0769. The van der Waals surface area contributed by atoms with Crippen molar-refractivity contribution in [3.05, 3.63) is 52.3 Å². The molecule has 0 aromatic heterocycles. The summed E-state index contributed by atoms with van der Waals surface area (Å²) in [7, 11) is 0. The maximum Gasteiger partial charge on any atom is 0.128 e. The molecule has 3 N–H and O–H groups in total. The van der Waals surface area contributed by atoms with Gasteiger partial charge in [-0.3, -0.25) is 0 Å². The Morgan fingerprint density at radius 3 is 2.65 bits per heavy atom. The Labute approximate surface area is 108 Å². The van der Waals surface area contributed by atoms with Crippen molar-refractivity contribution in [2.24, 2.45) is 0 Å². The number of benzene rings is 2. The molecule has 0 saturated heterocycles. The summed E-state index contributed by atoms with van der Waals surface area (Å²) in [6, 6.07) is 10.5. The van der Waals surface area contributed by atoms with Crippen LogP contribution in [0.3, 0.4) is 0 Å². The number of nitrogens with two attached hydrogens (primary N) is 1. The highest BCUT2D eigenvalue weighted by molar-refractivity contribution is 9.10. The van der Waals surface area contributed by atoms with Crippen LogP contribution in [0.4, 0.5) is 21.5 Å². The smallest absolute Gasteiger partial charge is 0.128 e. The van der Waals surface area contributed by atoms with Crippen molar-refractivity contribution >= 4 is 33.0 Å². The lowest BCUT2D eigenvalue weighted by Crippen LogP contribution is -1.98. The molecule has 0 aliphatic carbocycles. The van der Waals surface area contributed by atoms with Gasteiger partial charge in [0.25, 0.3) is 0 Å². The van der Waals surface area contributed by atoms with Gasteiger partial charge in [0.2, 0.25) is 0 Å². The number of hydrogen-bond acceptors (Lipinski definition) is 2. The number of halogens is 2. The minimum atomic E-state index is -0.231. The van der Waals surface area contributed by atoms with Crippen molar-refractivity contribution in [2.45, 2.75) is 6.92 Å². The van der Waals surface area contributed by atoms with E-state index >= 15 is 0 Å². The van der Waals surface area contributed by atoms with Gasteiger partial charge in [-0.15, -0.1) is 0 Å². The first kappa shape index (κ1) is 11.9. The minimum Gasteiger partial charge on any atom is -0.397 e. The molecule has 0 bridgehead atoms. The first-order valence-electron chi connectivity index (χ1n) is 5.15. The van der Waals surface area contributed by atoms with Gasteiger partial charge >= 0.3 is 0 Å². The van der Waals surface area contributed by atoms with Crippen LogP contribution in [0.2, 0.25) is 0 Å². The van der Waals surface area contributed by atoms with E-state index in [0.29, 0.717) is 11.3 Å². The van der Waals surface area contributed by atoms with Crippen LogP contribution >= 0.6 is 15.9 Å². The van der Waals surface area contributed by atoms with E-state index in [2.05, 4.69) is 21.2 Å². The number of nitrogens with one attached hydrogen (secondary N) is 1. The Hall–Kier alpha value is -1.55. The maximum atomic E-state index is 13.4. The molecule has 17 heavy (non-hydrogen) atoms. The summed E-state index contributed by atoms with van der Waals surface area (Å²) in [5.41, 5.74) is 8.55. The lowest BCUT2D eigenvalue weighted by atomic mass is 10.1. The van der Waals surface area contributed by atoms with Crippen LogP contribution in [0.25, 0.3) is 0 Å². The van der Waals surface area contributed by atoms with Gasteiger partial charge in [0.05, 0.1) is 11.4 Å². The molecule has 4 heteroatoms. The third-order valence-corrected chi connectivity index (χ3v) is 3.04. The highest BCUT2D eigenvalue weighted by Crippen LogP contribution is 2.28. The lowest BCUT2D eigenvalue weighted by Gasteiger charge is -2.12. The van der Waals surface area contributed by atoms with Crippen molar-refractivity contribution in [1.82, 2.24) is 0 Å². The third kappa shape index (κ3) is 2.58. The second-order valence-electron chi connectivity index (χ2n) is 3.77. The van der Waals surface area contributed by atoms with E-state index in [9.17, 15) is 4.39 Å². The highest BCUT2D eigenvalue weighted by Gasteiger charge is 2.05. The molecular formula is C13H12BrFN2. The van der Waals surface area contributed by atoms with Crippen LogP contribution in [-0.2, 0) is 0 Å². The molecule has 0 atom stereocenters. The lowest BCUT2D eigenvalue weighted by molar-refractivity contribution is 0.619. The fourth-order valence-electron chi connectivity index (χ4n) is 1.54. The molecular weight excluding hydrogens is 283 g/mol. The van der Waals surface area contributed by atoms with E-state index in [-0.39, 0.29) is 5.82 Å². The molecule has 2 aromatic carbocycles. The predicted octanol–water partition coefficient (Wildman–Crippen LogP) is 4.22.